The summed E-state index contributed by atoms with van der Waals surface area (Å²) in [6.45, 7) is 0. The van der Waals surface area contributed by atoms with Crippen molar-refractivity contribution in [2.24, 2.45) is 0 Å². The maximum absolute atomic E-state index is 11.1. The van der Waals surface area contributed by atoms with Crippen molar-refractivity contribution in [1.82, 2.24) is 0 Å². The fourth-order valence-electron chi connectivity index (χ4n) is 1.04. The van der Waals surface area contributed by atoms with Gasteiger partial charge in [-0.2, -0.15) is 0 Å². The van der Waals surface area contributed by atoms with Crippen molar-refractivity contribution in [1.29, 1.82) is 0 Å². The van der Waals surface area contributed by atoms with E-state index < -0.39 is 0 Å². The number of nitrogen functional groups attached to an aromatic ring is 1. The van der Waals surface area contributed by atoms with Crippen molar-refractivity contribution in [3.05, 3.63) is 29.8 Å². The van der Waals surface area contributed by atoms with Crippen LogP contribution in [-0.2, 0) is 11.2 Å². The second-order valence-corrected chi connectivity index (χ2v) is 2.84. The number of terminal acetylenes is 1. The van der Waals surface area contributed by atoms with Crippen molar-refractivity contribution < 1.29 is 4.79 Å². The quantitative estimate of drug-likeness (QED) is 0.554. The maximum Gasteiger partial charge on any atom is 0.149 e. The third kappa shape index (κ3) is 3.00. The summed E-state index contributed by atoms with van der Waals surface area (Å²) >= 11 is 0. The number of carbonyl (C=O) groups excluding carboxylic acids is 1. The molecule has 0 saturated heterocycles. The Kier molecular flexibility index (Phi) is 3.10. The van der Waals surface area contributed by atoms with Gasteiger partial charge in [0.2, 0.25) is 0 Å². The number of anilines is 1. The molecular weight excluding hydrogens is 162 g/mol. The monoisotopic (exact) mass is 173 g/mol. The van der Waals surface area contributed by atoms with Crippen molar-refractivity contribution in [2.45, 2.75) is 12.8 Å². The van der Waals surface area contributed by atoms with Crippen LogP contribution < -0.4 is 5.73 Å². The van der Waals surface area contributed by atoms with E-state index in [9.17, 15) is 4.79 Å². The van der Waals surface area contributed by atoms with Crippen molar-refractivity contribution >= 4 is 11.5 Å². The molecule has 2 nitrogen and oxygen atoms in total. The molecule has 0 aromatic heterocycles. The molecule has 13 heavy (non-hydrogen) atoms. The second-order valence-electron chi connectivity index (χ2n) is 2.84. The number of carbonyl (C=O) groups is 1. The summed E-state index contributed by atoms with van der Waals surface area (Å²) in [5.74, 6) is 2.39. The number of ketones is 1. The Balaban J connectivity index is 2.60. The van der Waals surface area contributed by atoms with E-state index in [1.165, 1.54) is 0 Å². The van der Waals surface area contributed by atoms with Crippen molar-refractivity contribution in [3.8, 4) is 12.3 Å². The third-order valence-corrected chi connectivity index (χ3v) is 1.68. The first-order valence-electron chi connectivity index (χ1n) is 4.02. The lowest BCUT2D eigenvalue weighted by Gasteiger charge is -1.98. The Hall–Kier alpha value is -1.75. The zero-order valence-electron chi connectivity index (χ0n) is 7.29. The molecule has 0 unspecified atom stereocenters. The summed E-state index contributed by atoms with van der Waals surface area (Å²) in [7, 11) is 0. The Bertz CT molecular complexity index is 332. The van der Waals surface area contributed by atoms with E-state index >= 15 is 0 Å². The standard InChI is InChI=1S/C11H11NO/c1-2-3-11(13)8-9-4-6-10(12)7-5-9/h1,4-7H,3,8,12H2. The first-order valence-corrected chi connectivity index (χ1v) is 4.02. The van der Waals surface area contributed by atoms with Crippen LogP contribution in [0.2, 0.25) is 0 Å². The van der Waals surface area contributed by atoms with E-state index in [2.05, 4.69) is 5.92 Å². The molecule has 0 saturated carbocycles. The van der Waals surface area contributed by atoms with Gasteiger partial charge in [-0.05, 0) is 17.7 Å². The van der Waals surface area contributed by atoms with Gasteiger partial charge in [0.25, 0.3) is 0 Å². The number of rotatable bonds is 3. The summed E-state index contributed by atoms with van der Waals surface area (Å²) in [5.41, 5.74) is 7.15. The molecule has 0 aliphatic rings. The molecule has 0 aliphatic carbocycles. The highest BCUT2D eigenvalue weighted by Crippen LogP contribution is 2.06. The predicted molar refractivity (Wildman–Crippen MR) is 53.0 cm³/mol. The number of hydrogen-bond acceptors (Lipinski definition) is 2. The van der Waals surface area contributed by atoms with Crippen LogP contribution >= 0.6 is 0 Å². The molecule has 0 atom stereocenters. The minimum Gasteiger partial charge on any atom is -0.399 e. The second kappa shape index (κ2) is 4.32. The van der Waals surface area contributed by atoms with Crippen molar-refractivity contribution in [3.63, 3.8) is 0 Å². The zero-order chi connectivity index (χ0) is 9.68. The van der Waals surface area contributed by atoms with E-state index in [4.69, 9.17) is 12.2 Å². The summed E-state index contributed by atoms with van der Waals surface area (Å²) < 4.78 is 0. The fraction of sp³-hybridized carbons (Fsp3) is 0.182. The molecule has 1 aromatic rings. The Morgan fingerprint density at radius 1 is 1.38 bits per heavy atom. The van der Waals surface area contributed by atoms with Gasteiger partial charge in [-0.25, -0.2) is 0 Å². The van der Waals surface area contributed by atoms with Gasteiger partial charge in [0.1, 0.15) is 5.78 Å². The van der Waals surface area contributed by atoms with Crippen LogP contribution in [0.4, 0.5) is 5.69 Å². The lowest BCUT2D eigenvalue weighted by Crippen LogP contribution is -2.00. The van der Waals surface area contributed by atoms with E-state index in [1.807, 2.05) is 12.1 Å². The van der Waals surface area contributed by atoms with Crippen LogP contribution in [0.1, 0.15) is 12.0 Å². The smallest absolute Gasteiger partial charge is 0.149 e. The Morgan fingerprint density at radius 2 is 2.00 bits per heavy atom. The number of nitrogens with two attached hydrogens (primary N) is 1. The topological polar surface area (TPSA) is 43.1 Å². The molecule has 2 N–H and O–H groups in total. The molecule has 66 valence electrons. The highest BCUT2D eigenvalue weighted by atomic mass is 16.1. The third-order valence-electron chi connectivity index (χ3n) is 1.68. The normalized spacial score (nSPS) is 9.15. The van der Waals surface area contributed by atoms with Gasteiger partial charge in [0.15, 0.2) is 0 Å². The Morgan fingerprint density at radius 3 is 2.54 bits per heavy atom. The molecule has 0 heterocycles. The minimum atomic E-state index is 0.0623. The van der Waals surface area contributed by atoms with E-state index in [0.717, 1.165) is 5.56 Å². The maximum atomic E-state index is 11.1. The van der Waals surface area contributed by atoms with Gasteiger partial charge >= 0.3 is 0 Å². The molecule has 1 aromatic carbocycles. The molecule has 0 fully saturated rings. The zero-order valence-corrected chi connectivity index (χ0v) is 7.29. The summed E-state index contributed by atoms with van der Waals surface area (Å²) in [4.78, 5) is 11.1. The number of hydrogen-bond donors (Lipinski definition) is 1. The van der Waals surface area contributed by atoms with Gasteiger partial charge < -0.3 is 5.73 Å². The van der Waals surface area contributed by atoms with Gasteiger partial charge in [-0.15, -0.1) is 6.42 Å². The molecule has 0 aliphatic heterocycles. The predicted octanol–water partition coefficient (Wildman–Crippen LogP) is 1.40. The van der Waals surface area contributed by atoms with Crippen molar-refractivity contribution in [2.75, 3.05) is 5.73 Å². The summed E-state index contributed by atoms with van der Waals surface area (Å²) in [5, 5.41) is 0. The van der Waals surface area contributed by atoms with Gasteiger partial charge in [0.05, 0.1) is 6.42 Å². The van der Waals surface area contributed by atoms with Gasteiger partial charge in [0, 0.05) is 12.1 Å². The van der Waals surface area contributed by atoms with Crippen LogP contribution in [-0.4, -0.2) is 5.78 Å². The highest BCUT2D eigenvalue weighted by Gasteiger charge is 2.00. The molecule has 1 rings (SSSR count). The average molecular weight is 173 g/mol. The van der Waals surface area contributed by atoms with Gasteiger partial charge in [-0.3, -0.25) is 4.79 Å². The molecule has 0 radical (unpaired) electrons. The molecule has 2 heteroatoms. The fourth-order valence-corrected chi connectivity index (χ4v) is 1.04. The Labute approximate surface area is 77.8 Å². The molecular formula is C11H11NO. The first kappa shape index (κ1) is 9.34. The van der Waals surface area contributed by atoms with Gasteiger partial charge in [-0.1, -0.05) is 18.1 Å². The van der Waals surface area contributed by atoms with E-state index in [0.29, 0.717) is 12.1 Å². The first-order chi connectivity index (χ1) is 6.22. The van der Waals surface area contributed by atoms with Crippen LogP contribution in [0.15, 0.2) is 24.3 Å². The SMILES string of the molecule is C#CCC(=O)Cc1ccc(N)cc1. The lowest BCUT2D eigenvalue weighted by atomic mass is 10.1. The average Bonchev–Trinajstić information content (AvgIpc) is 2.09. The number of Topliss-reactive ketones (excluding diaryl/α,β-unsaturated/α-hetero) is 1. The van der Waals surface area contributed by atoms with Crippen LogP contribution in [0, 0.1) is 12.3 Å². The van der Waals surface area contributed by atoms with Crippen LogP contribution in [0.25, 0.3) is 0 Å². The lowest BCUT2D eigenvalue weighted by molar-refractivity contribution is -0.117. The van der Waals surface area contributed by atoms with E-state index in [1.54, 1.807) is 12.1 Å². The molecule has 0 amide bonds. The summed E-state index contributed by atoms with van der Waals surface area (Å²) in [6.07, 6.45) is 5.61. The van der Waals surface area contributed by atoms with Crippen LogP contribution in [0.5, 0.6) is 0 Å². The van der Waals surface area contributed by atoms with Crippen LogP contribution in [0.3, 0.4) is 0 Å². The minimum absolute atomic E-state index is 0.0623. The van der Waals surface area contributed by atoms with E-state index in [-0.39, 0.29) is 12.2 Å². The largest absolute Gasteiger partial charge is 0.399 e. The highest BCUT2D eigenvalue weighted by molar-refractivity contribution is 5.83. The molecule has 0 spiro atoms. The number of benzene rings is 1. The molecule has 0 bridgehead atoms. The summed E-state index contributed by atoms with van der Waals surface area (Å²) in [6, 6.07) is 7.23.